The van der Waals surface area contributed by atoms with Crippen LogP contribution >= 0.6 is 0 Å². The van der Waals surface area contributed by atoms with Crippen LogP contribution in [0.4, 0.5) is 0 Å². The molecule has 1 aromatic carbocycles. The summed E-state index contributed by atoms with van der Waals surface area (Å²) in [6.07, 6.45) is 4.95. The molecule has 2 unspecified atom stereocenters. The summed E-state index contributed by atoms with van der Waals surface area (Å²) in [5, 5.41) is 5.10. The van der Waals surface area contributed by atoms with Gasteiger partial charge in [-0.2, -0.15) is 0 Å². The Balaban J connectivity index is 1.89. The molecule has 0 spiro atoms. The smallest absolute Gasteiger partial charge is 0.134 e. The molecule has 1 heterocycles. The van der Waals surface area contributed by atoms with Crippen LogP contribution in [0, 0.1) is 5.41 Å². The maximum atomic E-state index is 6.17. The van der Waals surface area contributed by atoms with Gasteiger partial charge in [0.05, 0.1) is 6.04 Å². The lowest BCUT2D eigenvalue weighted by Gasteiger charge is -2.30. The van der Waals surface area contributed by atoms with Crippen LogP contribution in [0.1, 0.15) is 64.3 Å². The summed E-state index contributed by atoms with van der Waals surface area (Å²) in [5.41, 5.74) is 2.78. The minimum absolute atomic E-state index is 0.273. The number of nitrogens with one attached hydrogen (secondary N) is 1. The Morgan fingerprint density at radius 1 is 1.33 bits per heavy atom. The molecule has 1 aromatic heterocycles. The van der Waals surface area contributed by atoms with Crippen molar-refractivity contribution in [3.63, 3.8) is 0 Å². The van der Waals surface area contributed by atoms with Crippen LogP contribution in [-0.4, -0.2) is 6.04 Å². The van der Waals surface area contributed by atoms with Crippen molar-refractivity contribution in [3.8, 4) is 0 Å². The summed E-state index contributed by atoms with van der Waals surface area (Å²) in [6.45, 7) is 9.21. The van der Waals surface area contributed by atoms with E-state index < -0.39 is 0 Å². The number of rotatable bonds is 4. The van der Waals surface area contributed by atoms with E-state index in [0.717, 1.165) is 17.8 Å². The molecule has 0 aliphatic heterocycles. The van der Waals surface area contributed by atoms with E-state index >= 15 is 0 Å². The summed E-state index contributed by atoms with van der Waals surface area (Å²) in [7, 11) is 0. The van der Waals surface area contributed by atoms with Crippen molar-refractivity contribution in [2.45, 2.75) is 65.5 Å². The van der Waals surface area contributed by atoms with Gasteiger partial charge in [-0.15, -0.1) is 0 Å². The molecule has 114 valence electrons. The molecule has 0 saturated heterocycles. The Bertz CT molecular complexity index is 626. The monoisotopic (exact) mass is 285 g/mol. The fourth-order valence-corrected chi connectivity index (χ4v) is 3.85. The van der Waals surface area contributed by atoms with Gasteiger partial charge in [0.15, 0.2) is 0 Å². The predicted octanol–water partition coefficient (Wildman–Crippen LogP) is 5.22. The minimum Gasteiger partial charge on any atom is -0.459 e. The van der Waals surface area contributed by atoms with Crippen LogP contribution in [0.25, 0.3) is 11.0 Å². The molecule has 0 radical (unpaired) electrons. The highest BCUT2D eigenvalue weighted by Gasteiger charge is 2.35. The molecule has 2 aromatic rings. The van der Waals surface area contributed by atoms with Crippen molar-refractivity contribution in [2.75, 3.05) is 0 Å². The quantitative estimate of drug-likeness (QED) is 0.832. The molecule has 3 rings (SSSR count). The Hall–Kier alpha value is -1.28. The van der Waals surface area contributed by atoms with Crippen LogP contribution in [0.15, 0.2) is 28.7 Å². The fourth-order valence-electron chi connectivity index (χ4n) is 3.85. The van der Waals surface area contributed by atoms with Crippen molar-refractivity contribution in [2.24, 2.45) is 5.41 Å². The van der Waals surface area contributed by atoms with Crippen molar-refractivity contribution in [1.82, 2.24) is 5.32 Å². The van der Waals surface area contributed by atoms with Gasteiger partial charge in [0, 0.05) is 17.0 Å². The Morgan fingerprint density at radius 3 is 2.76 bits per heavy atom. The third-order valence-corrected chi connectivity index (χ3v) is 5.18. The van der Waals surface area contributed by atoms with Gasteiger partial charge in [-0.05, 0) is 37.7 Å². The van der Waals surface area contributed by atoms with Gasteiger partial charge in [0.2, 0.25) is 0 Å². The van der Waals surface area contributed by atoms with Gasteiger partial charge >= 0.3 is 0 Å². The first-order chi connectivity index (χ1) is 10.0. The number of hydrogen-bond acceptors (Lipinski definition) is 2. The SMILES string of the molecule is CCc1c(C(C)NC2CCCC2(C)C)oc2ccccc12. The Labute approximate surface area is 127 Å². The zero-order chi connectivity index (χ0) is 15.0. The summed E-state index contributed by atoms with van der Waals surface area (Å²) >= 11 is 0. The topological polar surface area (TPSA) is 25.2 Å². The average Bonchev–Trinajstić information content (AvgIpc) is 2.99. The molecule has 1 aliphatic rings. The second-order valence-electron chi connectivity index (χ2n) is 7.12. The molecule has 2 nitrogen and oxygen atoms in total. The second-order valence-corrected chi connectivity index (χ2v) is 7.12. The number of benzene rings is 1. The Kier molecular flexibility index (Phi) is 3.83. The van der Waals surface area contributed by atoms with E-state index in [-0.39, 0.29) is 6.04 Å². The first-order valence-electron chi connectivity index (χ1n) is 8.29. The van der Waals surface area contributed by atoms with Crippen molar-refractivity contribution in [3.05, 3.63) is 35.6 Å². The molecule has 21 heavy (non-hydrogen) atoms. The molecule has 0 amide bonds. The van der Waals surface area contributed by atoms with Gasteiger partial charge < -0.3 is 9.73 Å². The van der Waals surface area contributed by atoms with Crippen LogP contribution in [0.5, 0.6) is 0 Å². The molecular formula is C19H27NO. The standard InChI is InChI=1S/C19H27NO/c1-5-14-15-9-6-7-10-16(15)21-18(14)13(2)20-17-11-8-12-19(17,3)4/h6-7,9-10,13,17,20H,5,8,11-12H2,1-4H3. The lowest BCUT2D eigenvalue weighted by molar-refractivity contribution is 0.256. The predicted molar refractivity (Wildman–Crippen MR) is 88.6 cm³/mol. The van der Waals surface area contributed by atoms with Crippen LogP contribution < -0.4 is 5.32 Å². The van der Waals surface area contributed by atoms with E-state index in [2.05, 4.69) is 51.2 Å². The summed E-state index contributed by atoms with van der Waals surface area (Å²) in [6, 6.07) is 9.25. The molecule has 1 saturated carbocycles. The first kappa shape index (κ1) is 14.6. The molecular weight excluding hydrogens is 258 g/mol. The maximum absolute atomic E-state index is 6.17. The van der Waals surface area contributed by atoms with Gasteiger partial charge in [-0.1, -0.05) is 45.4 Å². The molecule has 1 fully saturated rings. The lowest BCUT2D eigenvalue weighted by atomic mass is 9.87. The fraction of sp³-hybridized carbons (Fsp3) is 0.579. The third-order valence-electron chi connectivity index (χ3n) is 5.18. The van der Waals surface area contributed by atoms with Gasteiger partial charge in [0.25, 0.3) is 0 Å². The summed E-state index contributed by atoms with van der Waals surface area (Å²) in [4.78, 5) is 0. The van der Waals surface area contributed by atoms with Gasteiger partial charge in [0.1, 0.15) is 11.3 Å². The molecule has 2 heteroatoms. The molecule has 2 atom stereocenters. The largest absolute Gasteiger partial charge is 0.459 e. The lowest BCUT2D eigenvalue weighted by Crippen LogP contribution is -2.39. The number of furan rings is 1. The minimum atomic E-state index is 0.273. The van der Waals surface area contributed by atoms with E-state index in [1.54, 1.807) is 0 Å². The molecule has 1 N–H and O–H groups in total. The summed E-state index contributed by atoms with van der Waals surface area (Å²) in [5.74, 6) is 1.13. The number of fused-ring (bicyclic) bond motifs is 1. The van der Waals surface area contributed by atoms with Crippen LogP contribution in [-0.2, 0) is 6.42 Å². The highest BCUT2D eigenvalue weighted by molar-refractivity contribution is 5.82. The normalized spacial score (nSPS) is 22.8. The van der Waals surface area contributed by atoms with Crippen LogP contribution in [0.3, 0.4) is 0 Å². The van der Waals surface area contributed by atoms with Crippen molar-refractivity contribution < 1.29 is 4.42 Å². The molecule has 1 aliphatic carbocycles. The highest BCUT2D eigenvalue weighted by Crippen LogP contribution is 2.39. The van der Waals surface area contributed by atoms with Crippen molar-refractivity contribution >= 4 is 11.0 Å². The van der Waals surface area contributed by atoms with E-state index in [9.17, 15) is 0 Å². The van der Waals surface area contributed by atoms with E-state index in [4.69, 9.17) is 4.42 Å². The summed E-state index contributed by atoms with van der Waals surface area (Å²) < 4.78 is 6.17. The first-order valence-corrected chi connectivity index (χ1v) is 8.29. The zero-order valence-corrected chi connectivity index (χ0v) is 13.7. The van der Waals surface area contributed by atoms with Gasteiger partial charge in [-0.25, -0.2) is 0 Å². The van der Waals surface area contributed by atoms with Gasteiger partial charge in [-0.3, -0.25) is 0 Å². The van der Waals surface area contributed by atoms with Crippen molar-refractivity contribution in [1.29, 1.82) is 0 Å². The van der Waals surface area contributed by atoms with E-state index in [1.165, 1.54) is 30.2 Å². The van der Waals surface area contributed by atoms with E-state index in [0.29, 0.717) is 11.5 Å². The van der Waals surface area contributed by atoms with Crippen LogP contribution in [0.2, 0.25) is 0 Å². The molecule has 0 bridgehead atoms. The zero-order valence-electron chi connectivity index (χ0n) is 13.7. The Morgan fingerprint density at radius 2 is 2.10 bits per heavy atom. The number of para-hydroxylation sites is 1. The third kappa shape index (κ3) is 2.62. The number of hydrogen-bond donors (Lipinski definition) is 1. The maximum Gasteiger partial charge on any atom is 0.134 e. The highest BCUT2D eigenvalue weighted by atomic mass is 16.3. The number of aryl methyl sites for hydroxylation is 1. The van der Waals surface area contributed by atoms with E-state index in [1.807, 2.05) is 6.07 Å². The second kappa shape index (κ2) is 5.49. The average molecular weight is 285 g/mol.